The third kappa shape index (κ3) is 1.09. The molecule has 52 valence electrons. The molecule has 0 saturated heterocycles. The second-order valence-corrected chi connectivity index (χ2v) is 2.31. The quantitative estimate of drug-likeness (QED) is 0.508. The van der Waals surface area contributed by atoms with Crippen LogP contribution in [0.5, 0.6) is 0 Å². The Morgan fingerprint density at radius 1 is 1.20 bits per heavy atom. The van der Waals surface area contributed by atoms with Gasteiger partial charge in [-0.15, -0.1) is 0 Å². The number of rotatable bonds is 2. The molecule has 0 aromatic rings. The average Bonchev–Trinajstić information content (AvgIpc) is 2.06. The number of hydrogen-bond donors (Lipinski definition) is 0. The Kier molecular flexibility index (Phi) is 1.88. The average molecular weight is 134 g/mol. The molecule has 0 aliphatic carbocycles. The number of hydrogen-bond acceptors (Lipinski definition) is 0. The molecule has 1 nitrogen and oxygen atoms in total. The Bertz CT molecular complexity index is 191. The fraction of sp³-hybridized carbons (Fsp3) is 0.111. The summed E-state index contributed by atoms with van der Waals surface area (Å²) in [6.45, 7) is 8.42. The molecule has 0 N–H and O–H groups in total. The van der Waals surface area contributed by atoms with E-state index in [-0.39, 0.29) is 0 Å². The molecule has 1 aliphatic rings. The SMILES string of the molecule is C=C[N+]1(C=C)C=CC=CC1. The van der Waals surface area contributed by atoms with E-state index in [1.54, 1.807) is 0 Å². The van der Waals surface area contributed by atoms with Gasteiger partial charge < -0.3 is 0 Å². The summed E-state index contributed by atoms with van der Waals surface area (Å²) in [4.78, 5) is 0. The molecule has 0 aromatic heterocycles. The Labute approximate surface area is 61.9 Å². The Hall–Kier alpha value is -1.08. The minimum atomic E-state index is 0.649. The predicted octanol–water partition coefficient (Wildman–Crippen LogP) is 2.17. The smallest absolute Gasteiger partial charge is 0.110 e. The molecular formula is C9H12N+. The first-order valence-electron chi connectivity index (χ1n) is 3.32. The summed E-state index contributed by atoms with van der Waals surface area (Å²) in [5.74, 6) is 0. The highest BCUT2D eigenvalue weighted by Crippen LogP contribution is 2.13. The lowest BCUT2D eigenvalue weighted by Crippen LogP contribution is -2.31. The zero-order chi connectivity index (χ0) is 7.45. The lowest BCUT2D eigenvalue weighted by molar-refractivity contribution is -0.766. The van der Waals surface area contributed by atoms with E-state index in [2.05, 4.69) is 25.4 Å². The zero-order valence-corrected chi connectivity index (χ0v) is 6.03. The summed E-state index contributed by atoms with van der Waals surface area (Å²) < 4.78 is 0.649. The largest absolute Gasteiger partial charge is 0.243 e. The van der Waals surface area contributed by atoms with Gasteiger partial charge in [0.2, 0.25) is 0 Å². The van der Waals surface area contributed by atoms with Crippen molar-refractivity contribution in [2.24, 2.45) is 0 Å². The van der Waals surface area contributed by atoms with Gasteiger partial charge >= 0.3 is 0 Å². The molecule has 0 radical (unpaired) electrons. The van der Waals surface area contributed by atoms with Crippen molar-refractivity contribution < 1.29 is 4.48 Å². The number of quaternary nitrogens is 1. The van der Waals surface area contributed by atoms with E-state index < -0.39 is 0 Å². The van der Waals surface area contributed by atoms with Gasteiger partial charge in [0.05, 0.1) is 12.4 Å². The first-order chi connectivity index (χ1) is 4.83. The molecule has 0 aromatic carbocycles. The zero-order valence-electron chi connectivity index (χ0n) is 6.03. The van der Waals surface area contributed by atoms with Crippen LogP contribution in [-0.4, -0.2) is 11.0 Å². The summed E-state index contributed by atoms with van der Waals surface area (Å²) in [7, 11) is 0. The Balaban J connectivity index is 2.85. The van der Waals surface area contributed by atoms with Gasteiger partial charge in [-0.25, -0.2) is 4.48 Å². The van der Waals surface area contributed by atoms with Crippen molar-refractivity contribution in [1.29, 1.82) is 0 Å². The molecule has 0 bridgehead atoms. The highest BCUT2D eigenvalue weighted by molar-refractivity contribution is 5.05. The normalized spacial score (nSPS) is 20.4. The topological polar surface area (TPSA) is 0 Å². The van der Waals surface area contributed by atoms with Crippen molar-refractivity contribution in [3.63, 3.8) is 0 Å². The Morgan fingerprint density at radius 3 is 2.20 bits per heavy atom. The van der Waals surface area contributed by atoms with E-state index in [9.17, 15) is 0 Å². The predicted molar refractivity (Wildman–Crippen MR) is 43.8 cm³/mol. The van der Waals surface area contributed by atoms with E-state index >= 15 is 0 Å². The molecule has 0 amide bonds. The van der Waals surface area contributed by atoms with E-state index in [1.807, 2.05) is 24.6 Å². The first-order valence-corrected chi connectivity index (χ1v) is 3.32. The van der Waals surface area contributed by atoms with Crippen LogP contribution in [0.15, 0.2) is 50.0 Å². The van der Waals surface area contributed by atoms with Crippen LogP contribution in [0.4, 0.5) is 0 Å². The van der Waals surface area contributed by atoms with Crippen molar-refractivity contribution in [3.8, 4) is 0 Å². The van der Waals surface area contributed by atoms with Gasteiger partial charge in [0.25, 0.3) is 0 Å². The maximum absolute atomic E-state index is 3.74. The molecule has 0 fully saturated rings. The van der Waals surface area contributed by atoms with E-state index in [0.29, 0.717) is 4.48 Å². The molecule has 0 saturated carbocycles. The van der Waals surface area contributed by atoms with Crippen molar-refractivity contribution in [3.05, 3.63) is 50.0 Å². The molecule has 1 aliphatic heterocycles. The minimum absolute atomic E-state index is 0.649. The third-order valence-electron chi connectivity index (χ3n) is 1.71. The summed E-state index contributed by atoms with van der Waals surface area (Å²) in [6.07, 6.45) is 11.9. The second kappa shape index (κ2) is 2.67. The highest BCUT2D eigenvalue weighted by atomic mass is 15.3. The molecule has 1 heteroatoms. The third-order valence-corrected chi connectivity index (χ3v) is 1.71. The first kappa shape index (κ1) is 7.03. The molecule has 0 unspecified atom stereocenters. The van der Waals surface area contributed by atoms with E-state index in [4.69, 9.17) is 0 Å². The van der Waals surface area contributed by atoms with Gasteiger partial charge in [-0.1, -0.05) is 6.08 Å². The van der Waals surface area contributed by atoms with Crippen LogP contribution in [0.1, 0.15) is 0 Å². The van der Waals surface area contributed by atoms with Gasteiger partial charge in [-0.3, -0.25) is 0 Å². The lowest BCUT2D eigenvalue weighted by atomic mass is 10.3. The fourth-order valence-electron chi connectivity index (χ4n) is 0.938. The van der Waals surface area contributed by atoms with Crippen LogP contribution >= 0.6 is 0 Å². The summed E-state index contributed by atoms with van der Waals surface area (Å²) in [6, 6.07) is 0. The molecular weight excluding hydrogens is 122 g/mol. The summed E-state index contributed by atoms with van der Waals surface area (Å²) in [5.41, 5.74) is 0. The van der Waals surface area contributed by atoms with Crippen LogP contribution in [-0.2, 0) is 0 Å². The standard InChI is InChI=1S/C9H12N/c1-3-10(4-2)8-6-5-7-9-10/h3-8H,1-2,9H2/q+1. The van der Waals surface area contributed by atoms with Crippen molar-refractivity contribution in [2.45, 2.75) is 0 Å². The van der Waals surface area contributed by atoms with Crippen molar-refractivity contribution in [2.75, 3.05) is 6.54 Å². The highest BCUT2D eigenvalue weighted by Gasteiger charge is 2.15. The van der Waals surface area contributed by atoms with Crippen LogP contribution in [0, 0.1) is 0 Å². The molecule has 0 atom stereocenters. The monoisotopic (exact) mass is 134 g/mol. The van der Waals surface area contributed by atoms with Crippen molar-refractivity contribution >= 4 is 0 Å². The van der Waals surface area contributed by atoms with Gasteiger partial charge in [-0.05, 0) is 25.3 Å². The van der Waals surface area contributed by atoms with Crippen LogP contribution in [0.25, 0.3) is 0 Å². The van der Waals surface area contributed by atoms with Crippen LogP contribution < -0.4 is 0 Å². The van der Waals surface area contributed by atoms with Crippen molar-refractivity contribution in [1.82, 2.24) is 0 Å². The summed E-state index contributed by atoms with van der Waals surface area (Å²) >= 11 is 0. The van der Waals surface area contributed by atoms with Gasteiger partial charge in [0.15, 0.2) is 0 Å². The maximum Gasteiger partial charge on any atom is 0.110 e. The van der Waals surface area contributed by atoms with Gasteiger partial charge in [0, 0.05) is 0 Å². The number of allylic oxidation sites excluding steroid dienone is 2. The number of nitrogens with zero attached hydrogens (tertiary/aromatic N) is 1. The second-order valence-electron chi connectivity index (χ2n) is 2.31. The lowest BCUT2D eigenvalue weighted by Gasteiger charge is -2.25. The summed E-state index contributed by atoms with van der Waals surface area (Å²) in [5, 5.41) is 0. The van der Waals surface area contributed by atoms with E-state index in [1.165, 1.54) is 0 Å². The fourth-order valence-corrected chi connectivity index (χ4v) is 0.938. The Morgan fingerprint density at radius 2 is 1.90 bits per heavy atom. The minimum Gasteiger partial charge on any atom is -0.243 e. The van der Waals surface area contributed by atoms with E-state index in [0.717, 1.165) is 6.54 Å². The maximum atomic E-state index is 3.74. The molecule has 0 spiro atoms. The molecule has 1 heterocycles. The van der Waals surface area contributed by atoms with Crippen LogP contribution in [0.2, 0.25) is 0 Å². The van der Waals surface area contributed by atoms with Gasteiger partial charge in [0.1, 0.15) is 12.7 Å². The van der Waals surface area contributed by atoms with Gasteiger partial charge in [-0.2, -0.15) is 0 Å². The van der Waals surface area contributed by atoms with Crippen LogP contribution in [0.3, 0.4) is 0 Å². The molecule has 1 rings (SSSR count). The molecule has 10 heavy (non-hydrogen) atoms.